The van der Waals surface area contributed by atoms with Crippen LogP contribution in [0.2, 0.25) is 0 Å². The summed E-state index contributed by atoms with van der Waals surface area (Å²) in [5.41, 5.74) is 0.801. The molecule has 1 unspecified atom stereocenters. The lowest BCUT2D eigenvalue weighted by molar-refractivity contribution is -0.128. The molecule has 1 N–H and O–H groups in total. The topological polar surface area (TPSA) is 57.6 Å². The molecule has 15 heavy (non-hydrogen) atoms. The molecule has 0 aliphatic heterocycles. The molecule has 0 fully saturated rings. The van der Waals surface area contributed by atoms with Crippen LogP contribution in [0, 0.1) is 0 Å². The molecule has 0 aliphatic carbocycles. The number of imide groups is 1. The van der Waals surface area contributed by atoms with E-state index in [2.05, 4.69) is 0 Å². The molecule has 4 heteroatoms. The van der Waals surface area contributed by atoms with Gasteiger partial charge in [-0.05, 0) is 12.5 Å². The quantitative estimate of drug-likeness (QED) is 0.809. The third kappa shape index (κ3) is 2.56. The van der Waals surface area contributed by atoms with Crippen molar-refractivity contribution in [3.8, 4) is 0 Å². The first-order chi connectivity index (χ1) is 7.04. The van der Waals surface area contributed by atoms with E-state index in [0.29, 0.717) is 0 Å². The van der Waals surface area contributed by atoms with Gasteiger partial charge in [0.25, 0.3) is 0 Å². The van der Waals surface area contributed by atoms with E-state index in [-0.39, 0.29) is 0 Å². The van der Waals surface area contributed by atoms with Crippen LogP contribution in [0.1, 0.15) is 25.5 Å². The monoisotopic (exact) mass is 207 g/mol. The summed E-state index contributed by atoms with van der Waals surface area (Å²) in [5.74, 6) is -0.473. The van der Waals surface area contributed by atoms with Crippen molar-refractivity contribution in [2.75, 3.05) is 0 Å². The number of rotatable bonds is 2. The lowest BCUT2D eigenvalue weighted by Crippen LogP contribution is -2.36. The van der Waals surface area contributed by atoms with Gasteiger partial charge in [0, 0.05) is 6.92 Å². The minimum absolute atomic E-state index is 0.457. The van der Waals surface area contributed by atoms with E-state index in [4.69, 9.17) is 5.11 Å². The van der Waals surface area contributed by atoms with E-state index in [1.54, 1.807) is 19.1 Å². The number of carboxylic acid groups (broad SMARTS) is 1. The molecule has 0 heterocycles. The molecule has 1 rings (SSSR count). The van der Waals surface area contributed by atoms with Gasteiger partial charge in [-0.15, -0.1) is 0 Å². The predicted molar refractivity (Wildman–Crippen MR) is 55.4 cm³/mol. The summed E-state index contributed by atoms with van der Waals surface area (Å²) >= 11 is 0. The summed E-state index contributed by atoms with van der Waals surface area (Å²) in [7, 11) is 0. The average Bonchev–Trinajstić information content (AvgIpc) is 2.18. The molecule has 2 amide bonds. The molecule has 0 radical (unpaired) electrons. The third-order valence-electron chi connectivity index (χ3n) is 2.21. The second-order valence-corrected chi connectivity index (χ2v) is 3.26. The molecule has 0 aliphatic rings. The Morgan fingerprint density at radius 3 is 2.20 bits per heavy atom. The Hall–Kier alpha value is -1.84. The Morgan fingerprint density at radius 2 is 1.80 bits per heavy atom. The van der Waals surface area contributed by atoms with Crippen LogP contribution >= 0.6 is 0 Å². The smallest absolute Gasteiger partial charge is 0.414 e. The van der Waals surface area contributed by atoms with E-state index in [0.717, 1.165) is 10.5 Å². The summed E-state index contributed by atoms with van der Waals surface area (Å²) in [4.78, 5) is 22.8. The number of hydrogen-bond donors (Lipinski definition) is 1. The van der Waals surface area contributed by atoms with Crippen LogP contribution in [0.3, 0.4) is 0 Å². The second-order valence-electron chi connectivity index (χ2n) is 3.26. The SMILES string of the molecule is CC(=O)N(C(=O)O)C(C)c1ccccc1. The van der Waals surface area contributed by atoms with Crippen LogP contribution < -0.4 is 0 Å². The molecule has 0 saturated heterocycles. The Kier molecular flexibility index (Phi) is 3.44. The van der Waals surface area contributed by atoms with Crippen molar-refractivity contribution in [2.24, 2.45) is 0 Å². The minimum atomic E-state index is -1.22. The molecule has 0 aromatic heterocycles. The van der Waals surface area contributed by atoms with Gasteiger partial charge in [-0.2, -0.15) is 0 Å². The zero-order valence-electron chi connectivity index (χ0n) is 8.68. The van der Waals surface area contributed by atoms with Crippen LogP contribution in [0.15, 0.2) is 30.3 Å². The first-order valence-electron chi connectivity index (χ1n) is 4.61. The van der Waals surface area contributed by atoms with E-state index in [9.17, 15) is 9.59 Å². The van der Waals surface area contributed by atoms with Gasteiger partial charge in [-0.3, -0.25) is 4.79 Å². The van der Waals surface area contributed by atoms with Crippen LogP contribution in [-0.2, 0) is 4.79 Å². The highest BCUT2D eigenvalue weighted by atomic mass is 16.4. The molecular formula is C11H13NO3. The van der Waals surface area contributed by atoms with Gasteiger partial charge >= 0.3 is 6.09 Å². The zero-order valence-corrected chi connectivity index (χ0v) is 8.68. The highest BCUT2D eigenvalue weighted by Gasteiger charge is 2.24. The first kappa shape index (κ1) is 11.2. The van der Waals surface area contributed by atoms with Crippen molar-refractivity contribution in [3.05, 3.63) is 35.9 Å². The standard InChI is InChI=1S/C11H13NO3/c1-8(10-6-4-3-5-7-10)12(9(2)13)11(14)15/h3-8H,1-2H3,(H,14,15). The molecule has 4 nitrogen and oxygen atoms in total. The van der Waals surface area contributed by atoms with Gasteiger partial charge in [0.05, 0.1) is 6.04 Å². The fraction of sp³-hybridized carbons (Fsp3) is 0.273. The van der Waals surface area contributed by atoms with Crippen molar-refractivity contribution in [3.63, 3.8) is 0 Å². The Bertz CT molecular complexity index is 347. The maximum absolute atomic E-state index is 11.1. The lowest BCUT2D eigenvalue weighted by Gasteiger charge is -2.23. The van der Waals surface area contributed by atoms with Crippen molar-refractivity contribution < 1.29 is 14.7 Å². The number of benzene rings is 1. The average molecular weight is 207 g/mol. The fourth-order valence-corrected chi connectivity index (χ4v) is 1.45. The van der Waals surface area contributed by atoms with Gasteiger partial charge in [0.2, 0.25) is 5.91 Å². The Morgan fingerprint density at radius 1 is 1.27 bits per heavy atom. The minimum Gasteiger partial charge on any atom is -0.465 e. The van der Waals surface area contributed by atoms with Crippen molar-refractivity contribution in [1.82, 2.24) is 4.90 Å². The van der Waals surface area contributed by atoms with Gasteiger partial charge < -0.3 is 5.11 Å². The summed E-state index contributed by atoms with van der Waals surface area (Å²) < 4.78 is 0. The summed E-state index contributed by atoms with van der Waals surface area (Å²) in [6, 6.07) is 8.60. The predicted octanol–water partition coefficient (Wildman–Crippen LogP) is 2.27. The van der Waals surface area contributed by atoms with Gasteiger partial charge in [0.1, 0.15) is 0 Å². The first-order valence-corrected chi connectivity index (χ1v) is 4.61. The van der Waals surface area contributed by atoms with E-state index < -0.39 is 18.0 Å². The van der Waals surface area contributed by atoms with E-state index in [1.165, 1.54) is 6.92 Å². The van der Waals surface area contributed by atoms with Gasteiger partial charge in [-0.25, -0.2) is 9.69 Å². The number of carbonyl (C=O) groups excluding carboxylic acids is 1. The number of nitrogens with zero attached hydrogens (tertiary/aromatic N) is 1. The van der Waals surface area contributed by atoms with Gasteiger partial charge in [-0.1, -0.05) is 30.3 Å². The van der Waals surface area contributed by atoms with E-state index >= 15 is 0 Å². The molecule has 0 saturated carbocycles. The van der Waals surface area contributed by atoms with Gasteiger partial charge in [0.15, 0.2) is 0 Å². The summed E-state index contributed by atoms with van der Waals surface area (Å²) in [6.45, 7) is 2.93. The second kappa shape index (κ2) is 4.59. The van der Waals surface area contributed by atoms with Crippen molar-refractivity contribution in [2.45, 2.75) is 19.9 Å². The molecule has 1 atom stereocenters. The molecular weight excluding hydrogens is 194 g/mol. The molecule has 0 bridgehead atoms. The van der Waals surface area contributed by atoms with E-state index in [1.807, 2.05) is 18.2 Å². The largest absolute Gasteiger partial charge is 0.465 e. The zero-order chi connectivity index (χ0) is 11.4. The molecule has 80 valence electrons. The summed E-state index contributed by atoms with van der Waals surface area (Å²) in [5, 5.41) is 8.88. The van der Waals surface area contributed by atoms with Crippen LogP contribution in [0.4, 0.5) is 4.79 Å². The number of amides is 2. The Balaban J connectivity index is 2.96. The fourth-order valence-electron chi connectivity index (χ4n) is 1.45. The molecule has 0 spiro atoms. The normalized spacial score (nSPS) is 11.9. The highest BCUT2D eigenvalue weighted by molar-refractivity contribution is 5.90. The summed E-state index contributed by atoms with van der Waals surface area (Å²) in [6.07, 6.45) is -1.22. The number of hydrogen-bond acceptors (Lipinski definition) is 2. The maximum atomic E-state index is 11.1. The maximum Gasteiger partial charge on any atom is 0.414 e. The van der Waals surface area contributed by atoms with Crippen molar-refractivity contribution >= 4 is 12.0 Å². The van der Waals surface area contributed by atoms with Crippen LogP contribution in [0.25, 0.3) is 0 Å². The number of carbonyl (C=O) groups is 2. The molecule has 1 aromatic rings. The Labute approximate surface area is 88.1 Å². The van der Waals surface area contributed by atoms with Crippen molar-refractivity contribution in [1.29, 1.82) is 0 Å². The highest BCUT2D eigenvalue weighted by Crippen LogP contribution is 2.19. The lowest BCUT2D eigenvalue weighted by atomic mass is 10.1. The van der Waals surface area contributed by atoms with Crippen LogP contribution in [-0.4, -0.2) is 22.0 Å². The molecule has 1 aromatic carbocycles. The van der Waals surface area contributed by atoms with Crippen LogP contribution in [0.5, 0.6) is 0 Å². The third-order valence-corrected chi connectivity index (χ3v) is 2.21.